The number of benzene rings is 2. The maximum Gasteiger partial charge on any atom is 0.242 e. The van der Waals surface area contributed by atoms with Crippen molar-refractivity contribution in [2.45, 2.75) is 64.5 Å². The van der Waals surface area contributed by atoms with Crippen molar-refractivity contribution in [3.05, 3.63) is 78.0 Å². The van der Waals surface area contributed by atoms with Crippen molar-refractivity contribution in [2.24, 2.45) is 0 Å². The van der Waals surface area contributed by atoms with Gasteiger partial charge < -0.3 is 10.6 Å². The fourth-order valence-corrected chi connectivity index (χ4v) is 3.85. The third-order valence-corrected chi connectivity index (χ3v) is 5.82. The maximum absolute atomic E-state index is 13.0. The molecule has 0 bridgehead atoms. The van der Waals surface area contributed by atoms with Crippen molar-refractivity contribution in [1.29, 1.82) is 0 Å². The van der Waals surface area contributed by atoms with Crippen LogP contribution in [0, 0.1) is 0 Å². The fourth-order valence-electron chi connectivity index (χ4n) is 3.85. The van der Waals surface area contributed by atoms with Gasteiger partial charge in [-0.15, -0.1) is 0 Å². The number of nitrogens with one attached hydrogen (secondary N) is 2. The van der Waals surface area contributed by atoms with Crippen LogP contribution >= 0.6 is 0 Å². The Kier molecular flexibility index (Phi) is 9.77. The van der Waals surface area contributed by atoms with Gasteiger partial charge in [0.05, 0.1) is 11.9 Å². The number of pyridine rings is 1. The number of carbonyl (C=O) groups is 3. The minimum atomic E-state index is -0.619. The first-order valence-corrected chi connectivity index (χ1v) is 12.0. The molecular formula is C28H33N3O3. The molecule has 1 unspecified atom stereocenters. The second-order valence-electron chi connectivity index (χ2n) is 8.53. The van der Waals surface area contributed by atoms with Crippen molar-refractivity contribution in [1.82, 2.24) is 15.6 Å². The number of nitrogens with zero attached hydrogens (tertiary/aromatic N) is 1. The summed E-state index contributed by atoms with van der Waals surface area (Å²) in [5, 5.41) is 6.88. The summed E-state index contributed by atoms with van der Waals surface area (Å²) in [4.78, 5) is 41.6. The molecule has 6 heteroatoms. The molecule has 3 rings (SSSR count). The lowest BCUT2D eigenvalue weighted by Crippen LogP contribution is -2.47. The van der Waals surface area contributed by atoms with E-state index in [1.165, 1.54) is 0 Å². The van der Waals surface area contributed by atoms with Gasteiger partial charge in [-0.2, -0.15) is 0 Å². The topological polar surface area (TPSA) is 88.2 Å². The van der Waals surface area contributed by atoms with Crippen molar-refractivity contribution in [2.75, 3.05) is 0 Å². The highest BCUT2D eigenvalue weighted by atomic mass is 16.2. The average molecular weight is 460 g/mol. The first-order valence-electron chi connectivity index (χ1n) is 12.0. The summed E-state index contributed by atoms with van der Waals surface area (Å²) in [6.07, 6.45) is 6.06. The number of rotatable bonds is 13. The molecule has 2 N–H and O–H groups in total. The van der Waals surface area contributed by atoms with Crippen LogP contribution in [0.2, 0.25) is 0 Å². The first kappa shape index (κ1) is 25.1. The van der Waals surface area contributed by atoms with E-state index < -0.39 is 6.04 Å². The molecule has 0 saturated carbocycles. The predicted octanol–water partition coefficient (Wildman–Crippen LogP) is 4.51. The standard InChI is InChI=1S/C28H33N3O3/c1-2-24(32)14-7-4-8-16-26(31-27(33)18-21-11-5-3-6-12-21)28(34)30-20-22-17-23-13-9-10-15-25(23)29-19-22/h3,5-6,9-13,15,17,19,26H,2,4,7-8,14,16,18,20H2,1H3,(H,30,34)(H,31,33). The molecule has 0 aliphatic rings. The second kappa shape index (κ2) is 13.2. The molecular weight excluding hydrogens is 426 g/mol. The van der Waals surface area contributed by atoms with Gasteiger partial charge in [0.25, 0.3) is 0 Å². The van der Waals surface area contributed by atoms with Crippen molar-refractivity contribution in [3.63, 3.8) is 0 Å². The number of Topliss-reactive ketones (excluding diaryl/α,β-unsaturated/α-hetero) is 1. The molecule has 0 radical (unpaired) electrons. The molecule has 3 aromatic rings. The minimum Gasteiger partial charge on any atom is -0.350 e. The van der Waals surface area contributed by atoms with Gasteiger partial charge in [-0.05, 0) is 36.1 Å². The third kappa shape index (κ3) is 8.10. The summed E-state index contributed by atoms with van der Waals surface area (Å²) in [7, 11) is 0. The fraction of sp³-hybridized carbons (Fsp3) is 0.357. The monoisotopic (exact) mass is 459 g/mol. The Balaban J connectivity index is 1.57. The summed E-state index contributed by atoms with van der Waals surface area (Å²) in [6.45, 7) is 2.21. The van der Waals surface area contributed by atoms with Gasteiger partial charge in [0, 0.05) is 31.0 Å². The Labute approximate surface area is 201 Å². The Bertz CT molecular complexity index is 1100. The summed E-state index contributed by atoms with van der Waals surface area (Å²) in [5.41, 5.74) is 2.71. The number of ketones is 1. The Hall–Kier alpha value is -3.54. The summed E-state index contributed by atoms with van der Waals surface area (Å²) < 4.78 is 0. The summed E-state index contributed by atoms with van der Waals surface area (Å²) in [5.74, 6) is -0.131. The van der Waals surface area contributed by atoms with Crippen molar-refractivity contribution < 1.29 is 14.4 Å². The van der Waals surface area contributed by atoms with Crippen LogP contribution in [-0.2, 0) is 27.3 Å². The van der Waals surface area contributed by atoms with Crippen LogP contribution in [0.1, 0.15) is 56.6 Å². The minimum absolute atomic E-state index is 0.181. The van der Waals surface area contributed by atoms with Crippen LogP contribution < -0.4 is 10.6 Å². The zero-order valence-corrected chi connectivity index (χ0v) is 19.8. The maximum atomic E-state index is 13.0. The molecule has 1 heterocycles. The van der Waals surface area contributed by atoms with Crippen molar-refractivity contribution in [3.8, 4) is 0 Å². The molecule has 1 aromatic heterocycles. The summed E-state index contributed by atoms with van der Waals surface area (Å²) >= 11 is 0. The molecule has 1 atom stereocenters. The van der Waals surface area contributed by atoms with E-state index in [0.29, 0.717) is 25.8 Å². The average Bonchev–Trinajstić information content (AvgIpc) is 2.86. The van der Waals surface area contributed by atoms with Crippen LogP contribution in [0.3, 0.4) is 0 Å². The predicted molar refractivity (Wildman–Crippen MR) is 134 cm³/mol. The summed E-state index contributed by atoms with van der Waals surface area (Å²) in [6, 6.07) is 18.7. The lowest BCUT2D eigenvalue weighted by molar-refractivity contribution is -0.129. The van der Waals surface area contributed by atoms with Gasteiger partial charge in [-0.25, -0.2) is 0 Å². The highest BCUT2D eigenvalue weighted by Crippen LogP contribution is 2.13. The Morgan fingerprint density at radius 1 is 0.912 bits per heavy atom. The second-order valence-corrected chi connectivity index (χ2v) is 8.53. The van der Waals surface area contributed by atoms with Gasteiger partial charge in [-0.1, -0.05) is 68.3 Å². The highest BCUT2D eigenvalue weighted by molar-refractivity contribution is 5.88. The highest BCUT2D eigenvalue weighted by Gasteiger charge is 2.20. The molecule has 2 amide bonds. The number of hydrogen-bond acceptors (Lipinski definition) is 4. The zero-order valence-electron chi connectivity index (χ0n) is 19.8. The lowest BCUT2D eigenvalue weighted by Gasteiger charge is -2.19. The van der Waals surface area contributed by atoms with E-state index in [-0.39, 0.29) is 24.0 Å². The quantitative estimate of drug-likeness (QED) is 0.368. The first-order chi connectivity index (χ1) is 16.5. The van der Waals surface area contributed by atoms with Crippen LogP contribution in [-0.4, -0.2) is 28.6 Å². The van der Waals surface area contributed by atoms with E-state index >= 15 is 0 Å². The number of amides is 2. The van der Waals surface area contributed by atoms with Crippen LogP contribution in [0.4, 0.5) is 0 Å². The molecule has 2 aromatic carbocycles. The largest absolute Gasteiger partial charge is 0.350 e. The van der Waals surface area contributed by atoms with Crippen molar-refractivity contribution >= 4 is 28.5 Å². The Morgan fingerprint density at radius 2 is 1.68 bits per heavy atom. The van der Waals surface area contributed by atoms with E-state index in [2.05, 4.69) is 15.6 Å². The van der Waals surface area contributed by atoms with Gasteiger partial charge in [0.15, 0.2) is 0 Å². The van der Waals surface area contributed by atoms with Gasteiger partial charge in [0.1, 0.15) is 11.8 Å². The zero-order chi connectivity index (χ0) is 24.2. The molecule has 34 heavy (non-hydrogen) atoms. The number of carbonyl (C=O) groups excluding carboxylic acids is 3. The number of unbranched alkanes of at least 4 members (excludes halogenated alkanes) is 2. The Morgan fingerprint density at radius 3 is 2.47 bits per heavy atom. The van der Waals surface area contributed by atoms with E-state index in [4.69, 9.17) is 0 Å². The third-order valence-electron chi connectivity index (χ3n) is 5.82. The van der Waals surface area contributed by atoms with E-state index in [0.717, 1.165) is 41.3 Å². The van der Waals surface area contributed by atoms with Crippen LogP contribution in [0.5, 0.6) is 0 Å². The SMILES string of the molecule is CCC(=O)CCCCCC(NC(=O)Cc1ccccc1)C(=O)NCc1cnc2ccccc2c1. The van der Waals surface area contributed by atoms with E-state index in [1.54, 1.807) is 6.20 Å². The lowest BCUT2D eigenvalue weighted by atomic mass is 10.0. The number of para-hydroxylation sites is 1. The molecule has 0 fully saturated rings. The number of fused-ring (bicyclic) bond motifs is 1. The van der Waals surface area contributed by atoms with Crippen LogP contribution in [0.15, 0.2) is 66.9 Å². The molecule has 0 aliphatic heterocycles. The molecule has 178 valence electrons. The normalized spacial score (nSPS) is 11.7. The van der Waals surface area contributed by atoms with Gasteiger partial charge >= 0.3 is 0 Å². The van der Waals surface area contributed by atoms with Gasteiger partial charge in [0.2, 0.25) is 11.8 Å². The molecule has 0 saturated heterocycles. The number of aromatic nitrogens is 1. The smallest absolute Gasteiger partial charge is 0.242 e. The van der Waals surface area contributed by atoms with E-state index in [1.807, 2.05) is 67.6 Å². The van der Waals surface area contributed by atoms with E-state index in [9.17, 15) is 14.4 Å². The van der Waals surface area contributed by atoms with Crippen LogP contribution in [0.25, 0.3) is 10.9 Å². The molecule has 6 nitrogen and oxygen atoms in total. The molecule has 0 aliphatic carbocycles. The number of hydrogen-bond donors (Lipinski definition) is 2. The molecule has 0 spiro atoms. The van der Waals surface area contributed by atoms with Gasteiger partial charge in [-0.3, -0.25) is 19.4 Å².